The van der Waals surface area contributed by atoms with Gasteiger partial charge in [0.25, 0.3) is 0 Å². The molecule has 0 saturated carbocycles. The fourth-order valence-corrected chi connectivity index (χ4v) is 2.48. The smallest absolute Gasteiger partial charge is 0.129 e. The highest BCUT2D eigenvalue weighted by Gasteiger charge is 2.06. The highest BCUT2D eigenvalue weighted by atomic mass is 35.5. The van der Waals surface area contributed by atoms with Crippen LogP contribution in [0.3, 0.4) is 0 Å². The standard InChI is InChI=1S/C21H17ClFNO/c1-15-6-9-19(10-7-15)24-13-17-12-18(22)8-11-21(17)25-14-16-4-2-3-5-20(16)23/h2-13H,14H2,1H3. The van der Waals surface area contributed by atoms with Crippen molar-refractivity contribution in [2.75, 3.05) is 0 Å². The number of ether oxygens (including phenoxy) is 1. The summed E-state index contributed by atoms with van der Waals surface area (Å²) in [6, 6.07) is 19.7. The molecule has 0 spiro atoms. The number of nitrogens with zero attached hydrogens (tertiary/aromatic N) is 1. The van der Waals surface area contributed by atoms with Crippen molar-refractivity contribution in [1.29, 1.82) is 0 Å². The molecule has 0 radical (unpaired) electrons. The summed E-state index contributed by atoms with van der Waals surface area (Å²) in [4.78, 5) is 4.45. The Morgan fingerprint density at radius 3 is 2.56 bits per heavy atom. The maximum Gasteiger partial charge on any atom is 0.129 e. The molecule has 4 heteroatoms. The van der Waals surface area contributed by atoms with E-state index in [1.165, 1.54) is 11.6 Å². The van der Waals surface area contributed by atoms with Crippen LogP contribution in [0.2, 0.25) is 5.02 Å². The van der Waals surface area contributed by atoms with Gasteiger partial charge in [0.1, 0.15) is 18.2 Å². The van der Waals surface area contributed by atoms with Crippen molar-refractivity contribution in [3.63, 3.8) is 0 Å². The van der Waals surface area contributed by atoms with Crippen LogP contribution in [0, 0.1) is 12.7 Å². The molecule has 3 aromatic carbocycles. The van der Waals surface area contributed by atoms with Crippen LogP contribution < -0.4 is 4.74 Å². The van der Waals surface area contributed by atoms with Gasteiger partial charge in [-0.2, -0.15) is 0 Å². The SMILES string of the molecule is Cc1ccc(N=Cc2cc(Cl)ccc2OCc2ccccc2F)cc1. The van der Waals surface area contributed by atoms with Gasteiger partial charge in [0.15, 0.2) is 0 Å². The van der Waals surface area contributed by atoms with Crippen molar-refractivity contribution in [1.82, 2.24) is 0 Å². The third-order valence-corrected chi connectivity index (χ3v) is 3.93. The minimum atomic E-state index is -0.286. The molecule has 0 aliphatic heterocycles. The summed E-state index contributed by atoms with van der Waals surface area (Å²) in [6.45, 7) is 2.17. The van der Waals surface area contributed by atoms with Crippen LogP contribution in [0.5, 0.6) is 5.75 Å². The van der Waals surface area contributed by atoms with Gasteiger partial charge in [-0.05, 0) is 43.3 Å². The summed E-state index contributed by atoms with van der Waals surface area (Å²) < 4.78 is 19.5. The zero-order valence-corrected chi connectivity index (χ0v) is 14.5. The number of aryl methyl sites for hydroxylation is 1. The van der Waals surface area contributed by atoms with Gasteiger partial charge in [-0.1, -0.05) is 47.5 Å². The van der Waals surface area contributed by atoms with E-state index in [2.05, 4.69) is 4.99 Å². The van der Waals surface area contributed by atoms with Gasteiger partial charge in [0.05, 0.1) is 5.69 Å². The Balaban J connectivity index is 1.80. The Morgan fingerprint density at radius 1 is 1.04 bits per heavy atom. The van der Waals surface area contributed by atoms with Crippen LogP contribution in [0.15, 0.2) is 71.7 Å². The second-order valence-electron chi connectivity index (χ2n) is 5.66. The first-order chi connectivity index (χ1) is 12.1. The normalized spacial score (nSPS) is 11.0. The van der Waals surface area contributed by atoms with E-state index >= 15 is 0 Å². The van der Waals surface area contributed by atoms with E-state index in [0.29, 0.717) is 16.3 Å². The van der Waals surface area contributed by atoms with Gasteiger partial charge in [0, 0.05) is 22.4 Å². The predicted molar refractivity (Wildman–Crippen MR) is 101 cm³/mol. The highest BCUT2D eigenvalue weighted by Crippen LogP contribution is 2.24. The van der Waals surface area contributed by atoms with Crippen molar-refractivity contribution in [2.24, 2.45) is 4.99 Å². The summed E-state index contributed by atoms with van der Waals surface area (Å²) in [5.41, 5.74) is 3.25. The molecule has 0 heterocycles. The van der Waals surface area contributed by atoms with E-state index in [1.54, 1.807) is 42.6 Å². The quantitative estimate of drug-likeness (QED) is 0.506. The maximum atomic E-state index is 13.7. The second kappa shape index (κ2) is 7.95. The zero-order valence-electron chi connectivity index (χ0n) is 13.7. The second-order valence-corrected chi connectivity index (χ2v) is 6.09. The topological polar surface area (TPSA) is 21.6 Å². The molecule has 2 nitrogen and oxygen atoms in total. The predicted octanol–water partition coefficient (Wildman–Crippen LogP) is 6.12. The number of hydrogen-bond donors (Lipinski definition) is 0. The highest BCUT2D eigenvalue weighted by molar-refractivity contribution is 6.30. The van der Waals surface area contributed by atoms with Gasteiger partial charge in [-0.15, -0.1) is 0 Å². The molecular weight excluding hydrogens is 337 g/mol. The average Bonchev–Trinajstić information content (AvgIpc) is 2.62. The minimum absolute atomic E-state index is 0.139. The molecule has 0 bridgehead atoms. The summed E-state index contributed by atoms with van der Waals surface area (Å²) in [5, 5.41) is 0.587. The fraction of sp³-hybridized carbons (Fsp3) is 0.0952. The Morgan fingerprint density at radius 2 is 1.80 bits per heavy atom. The Hall–Kier alpha value is -2.65. The molecule has 0 unspecified atom stereocenters. The van der Waals surface area contributed by atoms with Crippen molar-refractivity contribution in [2.45, 2.75) is 13.5 Å². The number of hydrogen-bond acceptors (Lipinski definition) is 2. The van der Waals surface area contributed by atoms with E-state index in [4.69, 9.17) is 16.3 Å². The lowest BCUT2D eigenvalue weighted by Gasteiger charge is -2.10. The first-order valence-corrected chi connectivity index (χ1v) is 8.26. The third-order valence-electron chi connectivity index (χ3n) is 3.70. The van der Waals surface area contributed by atoms with Crippen LogP contribution >= 0.6 is 11.6 Å². The van der Waals surface area contributed by atoms with Crippen LogP contribution in [0.4, 0.5) is 10.1 Å². The van der Waals surface area contributed by atoms with E-state index in [0.717, 1.165) is 11.3 Å². The minimum Gasteiger partial charge on any atom is -0.488 e. The van der Waals surface area contributed by atoms with Crippen molar-refractivity contribution < 1.29 is 9.13 Å². The summed E-state index contributed by atoms with van der Waals surface area (Å²) in [7, 11) is 0. The lowest BCUT2D eigenvalue weighted by atomic mass is 10.2. The molecule has 0 N–H and O–H groups in total. The summed E-state index contributed by atoms with van der Waals surface area (Å²) in [5.74, 6) is 0.315. The molecule has 0 atom stereocenters. The molecule has 0 fully saturated rings. The van der Waals surface area contributed by atoms with Crippen molar-refractivity contribution >= 4 is 23.5 Å². The van der Waals surface area contributed by atoms with Crippen molar-refractivity contribution in [3.8, 4) is 5.75 Å². The van der Waals surface area contributed by atoms with Crippen LogP contribution in [-0.2, 0) is 6.61 Å². The molecule has 0 amide bonds. The van der Waals surface area contributed by atoms with E-state index in [9.17, 15) is 4.39 Å². The van der Waals surface area contributed by atoms with Crippen LogP contribution in [0.25, 0.3) is 0 Å². The molecule has 0 aliphatic rings. The van der Waals surface area contributed by atoms with Crippen LogP contribution in [0.1, 0.15) is 16.7 Å². The van der Waals surface area contributed by atoms with Gasteiger partial charge in [0.2, 0.25) is 0 Å². The Kier molecular flexibility index (Phi) is 5.46. The molecule has 0 aromatic heterocycles. The van der Waals surface area contributed by atoms with Crippen LogP contribution in [-0.4, -0.2) is 6.21 Å². The number of rotatable bonds is 5. The molecule has 3 aromatic rings. The number of benzene rings is 3. The Labute approximate surface area is 151 Å². The van der Waals surface area contributed by atoms with E-state index < -0.39 is 0 Å². The van der Waals surface area contributed by atoms with Gasteiger partial charge in [-0.25, -0.2) is 4.39 Å². The van der Waals surface area contributed by atoms with E-state index in [-0.39, 0.29) is 12.4 Å². The lowest BCUT2D eigenvalue weighted by molar-refractivity contribution is 0.299. The molecule has 0 aliphatic carbocycles. The lowest BCUT2D eigenvalue weighted by Crippen LogP contribution is -2.00. The number of halogens is 2. The maximum absolute atomic E-state index is 13.7. The molecule has 0 saturated heterocycles. The molecular formula is C21H17ClFNO. The summed E-state index contributed by atoms with van der Waals surface area (Å²) in [6.07, 6.45) is 1.70. The monoisotopic (exact) mass is 353 g/mol. The average molecular weight is 354 g/mol. The van der Waals surface area contributed by atoms with Gasteiger partial charge < -0.3 is 4.74 Å². The van der Waals surface area contributed by atoms with Gasteiger partial charge in [-0.3, -0.25) is 4.99 Å². The van der Waals surface area contributed by atoms with Crippen molar-refractivity contribution in [3.05, 3.63) is 94.3 Å². The largest absolute Gasteiger partial charge is 0.488 e. The molecule has 126 valence electrons. The third kappa shape index (κ3) is 4.68. The molecule has 3 rings (SSSR count). The summed E-state index contributed by atoms with van der Waals surface area (Å²) >= 11 is 6.08. The van der Waals surface area contributed by atoms with E-state index in [1.807, 2.05) is 31.2 Å². The first kappa shape index (κ1) is 17.2. The molecule has 25 heavy (non-hydrogen) atoms. The van der Waals surface area contributed by atoms with Gasteiger partial charge >= 0.3 is 0 Å². The first-order valence-electron chi connectivity index (χ1n) is 7.88. The Bertz CT molecular complexity index is 891. The number of aliphatic imine (C=N–C) groups is 1. The fourth-order valence-electron chi connectivity index (χ4n) is 2.30. The zero-order chi connectivity index (χ0) is 17.6.